The van der Waals surface area contributed by atoms with E-state index in [4.69, 9.17) is 10.5 Å². The van der Waals surface area contributed by atoms with E-state index in [2.05, 4.69) is 23.5 Å². The van der Waals surface area contributed by atoms with Gasteiger partial charge in [0, 0.05) is 31.4 Å². The Balaban J connectivity index is 1.59. The van der Waals surface area contributed by atoms with E-state index < -0.39 is 5.60 Å². The molecule has 5 nitrogen and oxygen atoms in total. The predicted molar refractivity (Wildman–Crippen MR) is 110 cm³/mol. The fourth-order valence-electron chi connectivity index (χ4n) is 4.19. The van der Waals surface area contributed by atoms with E-state index in [-0.39, 0.29) is 6.09 Å². The van der Waals surface area contributed by atoms with Crippen LogP contribution in [-0.2, 0) is 11.3 Å². The first-order valence-corrected chi connectivity index (χ1v) is 10.4. The molecule has 0 aromatic heterocycles. The van der Waals surface area contributed by atoms with Crippen molar-refractivity contribution in [3.8, 4) is 0 Å². The summed E-state index contributed by atoms with van der Waals surface area (Å²) in [5.74, 6) is 0.481. The normalized spacial score (nSPS) is 19.3. The number of carbonyl (C=O) groups is 1. The van der Waals surface area contributed by atoms with Gasteiger partial charge in [0.25, 0.3) is 0 Å². The summed E-state index contributed by atoms with van der Waals surface area (Å²) in [5.41, 5.74) is 9.34. The van der Waals surface area contributed by atoms with Gasteiger partial charge in [-0.05, 0) is 69.6 Å². The summed E-state index contributed by atoms with van der Waals surface area (Å²) in [4.78, 5) is 14.1. The van der Waals surface area contributed by atoms with E-state index in [1.165, 1.54) is 42.5 Å². The van der Waals surface area contributed by atoms with E-state index in [9.17, 15) is 4.79 Å². The number of hydrogen-bond donors (Lipinski definition) is 2. The lowest BCUT2D eigenvalue weighted by Crippen LogP contribution is -2.41. The van der Waals surface area contributed by atoms with Crippen molar-refractivity contribution in [2.75, 3.05) is 18.4 Å². The molecule has 27 heavy (non-hydrogen) atoms. The van der Waals surface area contributed by atoms with Crippen molar-refractivity contribution in [1.29, 1.82) is 0 Å². The first kappa shape index (κ1) is 20.0. The minimum atomic E-state index is -0.438. The Labute approximate surface area is 163 Å². The summed E-state index contributed by atoms with van der Waals surface area (Å²) >= 11 is 0. The van der Waals surface area contributed by atoms with Crippen molar-refractivity contribution >= 4 is 11.8 Å². The van der Waals surface area contributed by atoms with Crippen molar-refractivity contribution in [3.05, 3.63) is 29.3 Å². The Morgan fingerprint density at radius 1 is 1.19 bits per heavy atom. The van der Waals surface area contributed by atoms with Crippen LogP contribution in [0.1, 0.15) is 76.3 Å². The second-order valence-corrected chi connectivity index (χ2v) is 8.99. The highest BCUT2D eigenvalue weighted by atomic mass is 16.6. The number of ether oxygens (including phenoxy) is 1. The molecule has 1 aromatic rings. The van der Waals surface area contributed by atoms with Gasteiger partial charge in [0.1, 0.15) is 5.60 Å². The third-order valence-corrected chi connectivity index (χ3v) is 5.68. The summed E-state index contributed by atoms with van der Waals surface area (Å²) in [6.45, 7) is 7.78. The van der Waals surface area contributed by atoms with Crippen LogP contribution in [0.15, 0.2) is 18.2 Å². The predicted octanol–water partition coefficient (Wildman–Crippen LogP) is 4.61. The number of nitrogens with one attached hydrogen (secondary N) is 1. The second-order valence-electron chi connectivity index (χ2n) is 8.99. The first-order valence-electron chi connectivity index (χ1n) is 10.4. The SMILES string of the molecule is CC(C)(C)OC(=O)N1CCC(c2ccc(NC3CCCC3)c(CN)c2)CC1. The van der Waals surface area contributed by atoms with Gasteiger partial charge in [-0.15, -0.1) is 0 Å². The number of anilines is 1. The zero-order valence-electron chi connectivity index (χ0n) is 17.1. The van der Waals surface area contributed by atoms with Crippen LogP contribution in [0.25, 0.3) is 0 Å². The number of nitrogens with zero attached hydrogens (tertiary/aromatic N) is 1. The lowest BCUT2D eigenvalue weighted by Gasteiger charge is -2.34. The molecule has 150 valence electrons. The van der Waals surface area contributed by atoms with Crippen molar-refractivity contribution in [2.24, 2.45) is 5.73 Å². The first-order chi connectivity index (χ1) is 12.9. The molecule has 0 bridgehead atoms. The lowest BCUT2D eigenvalue weighted by molar-refractivity contribution is 0.0205. The van der Waals surface area contributed by atoms with E-state index >= 15 is 0 Å². The van der Waals surface area contributed by atoms with Gasteiger partial charge in [-0.25, -0.2) is 4.79 Å². The zero-order chi connectivity index (χ0) is 19.4. The van der Waals surface area contributed by atoms with E-state index in [1.54, 1.807) is 0 Å². The smallest absolute Gasteiger partial charge is 0.410 e. The van der Waals surface area contributed by atoms with Crippen LogP contribution in [0.3, 0.4) is 0 Å². The summed E-state index contributed by atoms with van der Waals surface area (Å²) in [5, 5.41) is 3.68. The van der Waals surface area contributed by atoms with Crippen LogP contribution < -0.4 is 11.1 Å². The number of piperidine rings is 1. The Morgan fingerprint density at radius 2 is 1.85 bits per heavy atom. The molecule has 2 aliphatic rings. The molecule has 0 atom stereocenters. The zero-order valence-corrected chi connectivity index (χ0v) is 17.1. The van der Waals surface area contributed by atoms with Gasteiger partial charge in [0.05, 0.1) is 0 Å². The number of likely N-dealkylation sites (tertiary alicyclic amines) is 1. The van der Waals surface area contributed by atoms with Crippen LogP contribution in [0.4, 0.5) is 10.5 Å². The average Bonchev–Trinajstić information content (AvgIpc) is 3.14. The summed E-state index contributed by atoms with van der Waals surface area (Å²) in [7, 11) is 0. The molecule has 0 radical (unpaired) electrons. The molecular weight excluding hydrogens is 338 g/mol. The third-order valence-electron chi connectivity index (χ3n) is 5.68. The van der Waals surface area contributed by atoms with Crippen molar-refractivity contribution in [1.82, 2.24) is 4.90 Å². The maximum Gasteiger partial charge on any atom is 0.410 e. The number of nitrogens with two attached hydrogens (primary N) is 1. The number of hydrogen-bond acceptors (Lipinski definition) is 4. The Bertz CT molecular complexity index is 639. The van der Waals surface area contributed by atoms with Gasteiger partial charge in [0.15, 0.2) is 0 Å². The highest BCUT2D eigenvalue weighted by molar-refractivity contribution is 5.68. The topological polar surface area (TPSA) is 67.6 Å². The van der Waals surface area contributed by atoms with Gasteiger partial charge >= 0.3 is 6.09 Å². The van der Waals surface area contributed by atoms with Crippen LogP contribution in [0.5, 0.6) is 0 Å². The van der Waals surface area contributed by atoms with Crippen LogP contribution in [-0.4, -0.2) is 35.7 Å². The van der Waals surface area contributed by atoms with Crippen molar-refractivity contribution in [2.45, 2.75) is 83.4 Å². The molecule has 1 aliphatic carbocycles. The monoisotopic (exact) mass is 373 g/mol. The third kappa shape index (κ3) is 5.38. The molecular formula is C22H35N3O2. The Kier molecular flexibility index (Phi) is 6.30. The van der Waals surface area contributed by atoms with E-state index in [0.29, 0.717) is 18.5 Å². The maximum absolute atomic E-state index is 12.2. The standard InChI is InChI=1S/C22H35N3O2/c1-22(2,3)27-21(26)25-12-10-16(11-13-25)17-8-9-20(18(14-17)15-23)24-19-6-4-5-7-19/h8-9,14,16,19,24H,4-7,10-13,15,23H2,1-3H3. The molecule has 1 heterocycles. The van der Waals surface area contributed by atoms with Gasteiger partial charge in [-0.2, -0.15) is 0 Å². The number of rotatable bonds is 4. The summed E-state index contributed by atoms with van der Waals surface area (Å²) < 4.78 is 5.50. The molecule has 2 fully saturated rings. The second kappa shape index (κ2) is 8.51. The fourth-order valence-corrected chi connectivity index (χ4v) is 4.19. The van der Waals surface area contributed by atoms with Gasteiger partial charge in [-0.1, -0.05) is 25.0 Å². The molecule has 1 aromatic carbocycles. The lowest BCUT2D eigenvalue weighted by atomic mass is 9.88. The van der Waals surface area contributed by atoms with Gasteiger partial charge in [0.2, 0.25) is 0 Å². The number of amides is 1. The number of benzene rings is 1. The Morgan fingerprint density at radius 3 is 2.44 bits per heavy atom. The van der Waals surface area contributed by atoms with E-state index in [1.807, 2.05) is 25.7 Å². The molecule has 1 saturated heterocycles. The van der Waals surface area contributed by atoms with E-state index in [0.717, 1.165) is 25.9 Å². The quantitative estimate of drug-likeness (QED) is 0.808. The minimum Gasteiger partial charge on any atom is -0.444 e. The highest BCUT2D eigenvalue weighted by Gasteiger charge is 2.27. The minimum absolute atomic E-state index is 0.195. The number of carbonyl (C=O) groups excluding carboxylic acids is 1. The molecule has 1 aliphatic heterocycles. The Hall–Kier alpha value is -1.75. The molecule has 0 unspecified atom stereocenters. The van der Waals surface area contributed by atoms with Crippen LogP contribution >= 0.6 is 0 Å². The van der Waals surface area contributed by atoms with Gasteiger partial charge in [-0.3, -0.25) is 0 Å². The average molecular weight is 374 g/mol. The summed E-state index contributed by atoms with van der Waals surface area (Å²) in [6, 6.07) is 7.31. The maximum atomic E-state index is 12.2. The molecule has 3 rings (SSSR count). The summed E-state index contributed by atoms with van der Waals surface area (Å²) in [6.07, 6.45) is 6.91. The van der Waals surface area contributed by atoms with Crippen LogP contribution in [0.2, 0.25) is 0 Å². The molecule has 5 heteroatoms. The molecule has 3 N–H and O–H groups in total. The largest absolute Gasteiger partial charge is 0.444 e. The highest BCUT2D eigenvalue weighted by Crippen LogP contribution is 2.32. The van der Waals surface area contributed by atoms with Crippen LogP contribution in [0, 0.1) is 0 Å². The van der Waals surface area contributed by atoms with Crippen molar-refractivity contribution in [3.63, 3.8) is 0 Å². The molecule has 1 saturated carbocycles. The van der Waals surface area contributed by atoms with Crippen molar-refractivity contribution < 1.29 is 9.53 Å². The molecule has 0 spiro atoms. The van der Waals surface area contributed by atoms with Gasteiger partial charge < -0.3 is 20.7 Å². The fraction of sp³-hybridized carbons (Fsp3) is 0.682. The molecule has 1 amide bonds.